The van der Waals surface area contributed by atoms with Crippen LogP contribution in [0.2, 0.25) is 0 Å². The first-order chi connectivity index (χ1) is 11.2. The number of imidazole rings is 1. The van der Waals surface area contributed by atoms with Gasteiger partial charge in [-0.3, -0.25) is 0 Å². The Bertz CT molecular complexity index is 982. The number of benzene rings is 1. The van der Waals surface area contributed by atoms with E-state index in [-0.39, 0.29) is 5.82 Å². The highest BCUT2D eigenvalue weighted by Gasteiger charge is 2.20. The van der Waals surface area contributed by atoms with Crippen molar-refractivity contribution in [1.82, 2.24) is 24.9 Å². The van der Waals surface area contributed by atoms with Gasteiger partial charge < -0.3 is 9.09 Å². The van der Waals surface area contributed by atoms with Crippen molar-refractivity contribution in [3.8, 4) is 11.5 Å². The van der Waals surface area contributed by atoms with Gasteiger partial charge in [0, 0.05) is 6.20 Å². The van der Waals surface area contributed by atoms with Crippen LogP contribution < -0.4 is 0 Å². The molecular weight excluding hydrogens is 365 g/mol. The van der Waals surface area contributed by atoms with Gasteiger partial charge in [-0.25, -0.2) is 9.37 Å². The molecule has 23 heavy (non-hydrogen) atoms. The average Bonchev–Trinajstić information content (AvgIpc) is 3.13. The third kappa shape index (κ3) is 2.40. The summed E-state index contributed by atoms with van der Waals surface area (Å²) in [5.41, 5.74) is 2.13. The molecule has 0 saturated heterocycles. The summed E-state index contributed by atoms with van der Waals surface area (Å²) in [4.78, 5) is 4.50. The van der Waals surface area contributed by atoms with Crippen LogP contribution in [0.1, 0.15) is 5.69 Å². The average molecular weight is 374 g/mol. The predicted octanol–water partition coefficient (Wildman–Crippen LogP) is 3.43. The van der Waals surface area contributed by atoms with E-state index in [0.717, 1.165) is 0 Å². The van der Waals surface area contributed by atoms with Crippen molar-refractivity contribution in [1.29, 1.82) is 0 Å². The first-order valence-electron chi connectivity index (χ1n) is 6.75. The van der Waals surface area contributed by atoms with Crippen LogP contribution in [0, 0.1) is 5.82 Å². The number of halogens is 2. The molecule has 0 saturated carbocycles. The van der Waals surface area contributed by atoms with Crippen molar-refractivity contribution in [2.75, 3.05) is 0 Å². The fourth-order valence-corrected chi connectivity index (χ4v) is 2.76. The van der Waals surface area contributed by atoms with E-state index in [4.69, 9.17) is 4.52 Å². The second-order valence-electron chi connectivity index (χ2n) is 4.86. The van der Waals surface area contributed by atoms with Gasteiger partial charge in [0.1, 0.15) is 17.6 Å². The van der Waals surface area contributed by atoms with Gasteiger partial charge in [-0.2, -0.15) is 10.2 Å². The number of aromatic nitrogens is 5. The molecular formula is C15H9BrFN5O. The Labute approximate surface area is 138 Å². The quantitative estimate of drug-likeness (QED) is 0.550. The maximum Gasteiger partial charge on any atom is 0.165 e. The molecule has 114 valence electrons. The van der Waals surface area contributed by atoms with E-state index < -0.39 is 0 Å². The summed E-state index contributed by atoms with van der Waals surface area (Å²) in [7, 11) is 0. The SMILES string of the molecule is Fc1cccc2nc(-c3nocc3Br)n(Cc3cccnn3)c12. The van der Waals surface area contributed by atoms with Gasteiger partial charge in [-0.05, 0) is 40.2 Å². The van der Waals surface area contributed by atoms with Gasteiger partial charge in [0.25, 0.3) is 0 Å². The number of para-hydroxylation sites is 1. The summed E-state index contributed by atoms with van der Waals surface area (Å²) >= 11 is 3.37. The highest BCUT2D eigenvalue weighted by Crippen LogP contribution is 2.30. The second kappa shape index (κ2) is 5.54. The molecule has 0 aliphatic rings. The molecule has 0 radical (unpaired) electrons. The van der Waals surface area contributed by atoms with Crippen molar-refractivity contribution in [3.05, 3.63) is 58.8 Å². The van der Waals surface area contributed by atoms with Crippen molar-refractivity contribution in [3.63, 3.8) is 0 Å². The monoisotopic (exact) mass is 373 g/mol. The third-order valence-electron chi connectivity index (χ3n) is 3.40. The summed E-state index contributed by atoms with van der Waals surface area (Å²) in [5.74, 6) is 0.140. The zero-order chi connectivity index (χ0) is 15.8. The van der Waals surface area contributed by atoms with Crippen LogP contribution in [0.25, 0.3) is 22.6 Å². The van der Waals surface area contributed by atoms with Gasteiger partial charge in [0.15, 0.2) is 11.5 Å². The Balaban J connectivity index is 1.97. The molecule has 3 heterocycles. The minimum absolute atomic E-state index is 0.319. The van der Waals surface area contributed by atoms with E-state index in [0.29, 0.717) is 39.3 Å². The number of hydrogen-bond donors (Lipinski definition) is 0. The number of hydrogen-bond acceptors (Lipinski definition) is 5. The minimum Gasteiger partial charge on any atom is -0.363 e. The topological polar surface area (TPSA) is 69.6 Å². The summed E-state index contributed by atoms with van der Waals surface area (Å²) < 4.78 is 21.7. The van der Waals surface area contributed by atoms with Crippen molar-refractivity contribution < 1.29 is 8.91 Å². The predicted molar refractivity (Wildman–Crippen MR) is 84.0 cm³/mol. The summed E-state index contributed by atoms with van der Waals surface area (Å²) in [6.45, 7) is 0.319. The third-order valence-corrected chi connectivity index (χ3v) is 3.97. The molecule has 0 aliphatic heterocycles. The van der Waals surface area contributed by atoms with Gasteiger partial charge in [0.05, 0.1) is 22.2 Å². The molecule has 1 aromatic carbocycles. The van der Waals surface area contributed by atoms with Crippen LogP contribution in [-0.4, -0.2) is 24.9 Å². The highest BCUT2D eigenvalue weighted by molar-refractivity contribution is 9.10. The molecule has 0 atom stereocenters. The lowest BCUT2D eigenvalue weighted by molar-refractivity contribution is 0.421. The van der Waals surface area contributed by atoms with E-state index in [1.54, 1.807) is 29.0 Å². The van der Waals surface area contributed by atoms with Crippen LogP contribution in [0.3, 0.4) is 0 Å². The van der Waals surface area contributed by atoms with Crippen LogP contribution >= 0.6 is 15.9 Å². The Hall–Kier alpha value is -2.61. The van der Waals surface area contributed by atoms with E-state index in [1.807, 2.05) is 6.07 Å². The number of fused-ring (bicyclic) bond motifs is 1. The fourth-order valence-electron chi connectivity index (χ4n) is 2.43. The first kappa shape index (κ1) is 14.0. The van der Waals surface area contributed by atoms with Gasteiger partial charge >= 0.3 is 0 Å². The largest absolute Gasteiger partial charge is 0.363 e. The van der Waals surface area contributed by atoms with Gasteiger partial charge in [-0.1, -0.05) is 11.2 Å². The Morgan fingerprint density at radius 2 is 2.13 bits per heavy atom. The van der Waals surface area contributed by atoms with E-state index in [9.17, 15) is 4.39 Å². The highest BCUT2D eigenvalue weighted by atomic mass is 79.9. The molecule has 4 rings (SSSR count). The second-order valence-corrected chi connectivity index (χ2v) is 5.71. The standard InChI is InChI=1S/C15H9BrFN5O/c16-10-8-23-21-13(10)15-19-12-5-1-4-11(17)14(12)22(15)7-9-3-2-6-18-20-9/h1-6,8H,7H2. The molecule has 4 aromatic rings. The molecule has 0 aliphatic carbocycles. The molecule has 8 heteroatoms. The molecule has 0 bridgehead atoms. The van der Waals surface area contributed by atoms with Crippen molar-refractivity contribution >= 4 is 27.0 Å². The van der Waals surface area contributed by atoms with Crippen molar-refractivity contribution in [2.45, 2.75) is 6.54 Å². The molecule has 0 N–H and O–H groups in total. The molecule has 0 spiro atoms. The lowest BCUT2D eigenvalue weighted by Crippen LogP contribution is -2.05. The summed E-state index contributed by atoms with van der Waals surface area (Å²) in [5, 5.41) is 11.9. The number of nitrogens with zero attached hydrogens (tertiary/aromatic N) is 5. The first-order valence-corrected chi connectivity index (χ1v) is 7.55. The van der Waals surface area contributed by atoms with E-state index in [1.165, 1.54) is 12.3 Å². The summed E-state index contributed by atoms with van der Waals surface area (Å²) in [6.07, 6.45) is 3.04. The van der Waals surface area contributed by atoms with Crippen LogP contribution in [0.4, 0.5) is 4.39 Å². The van der Waals surface area contributed by atoms with Gasteiger partial charge in [0.2, 0.25) is 0 Å². The fraction of sp³-hybridized carbons (Fsp3) is 0.0667. The minimum atomic E-state index is -0.357. The summed E-state index contributed by atoms with van der Waals surface area (Å²) in [6, 6.07) is 8.38. The molecule has 0 unspecified atom stereocenters. The maximum atomic E-state index is 14.4. The Morgan fingerprint density at radius 3 is 2.87 bits per heavy atom. The molecule has 0 amide bonds. The molecule has 0 fully saturated rings. The molecule has 3 aromatic heterocycles. The van der Waals surface area contributed by atoms with Crippen LogP contribution in [0.15, 0.2) is 51.8 Å². The van der Waals surface area contributed by atoms with Crippen LogP contribution in [-0.2, 0) is 6.54 Å². The molecule has 6 nitrogen and oxygen atoms in total. The van der Waals surface area contributed by atoms with E-state index in [2.05, 4.69) is 36.3 Å². The zero-order valence-electron chi connectivity index (χ0n) is 11.6. The van der Waals surface area contributed by atoms with Crippen molar-refractivity contribution in [2.24, 2.45) is 0 Å². The van der Waals surface area contributed by atoms with Gasteiger partial charge in [-0.15, -0.1) is 0 Å². The Morgan fingerprint density at radius 1 is 1.22 bits per heavy atom. The van der Waals surface area contributed by atoms with Crippen LogP contribution in [0.5, 0.6) is 0 Å². The number of rotatable bonds is 3. The smallest absolute Gasteiger partial charge is 0.165 e. The van der Waals surface area contributed by atoms with E-state index >= 15 is 0 Å². The normalized spacial score (nSPS) is 11.2. The zero-order valence-corrected chi connectivity index (χ0v) is 13.2. The maximum absolute atomic E-state index is 14.4. The Kier molecular flexibility index (Phi) is 3.38. The lowest BCUT2D eigenvalue weighted by atomic mass is 10.3. The lowest BCUT2D eigenvalue weighted by Gasteiger charge is -2.07.